The van der Waals surface area contributed by atoms with E-state index in [4.69, 9.17) is 0 Å². The lowest BCUT2D eigenvalue weighted by Gasteiger charge is -2.10. The van der Waals surface area contributed by atoms with Gasteiger partial charge in [0.1, 0.15) is 0 Å². The summed E-state index contributed by atoms with van der Waals surface area (Å²) >= 11 is 0. The summed E-state index contributed by atoms with van der Waals surface area (Å²) in [5.41, 5.74) is 4.73. The molecule has 0 saturated heterocycles. The zero-order chi connectivity index (χ0) is 14.3. The fourth-order valence-electron chi connectivity index (χ4n) is 2.65. The number of unbranched alkanes of at least 4 members (excludes halogenated alkanes) is 6. The molecule has 0 saturated carbocycles. The van der Waals surface area contributed by atoms with Crippen LogP contribution < -0.4 is 0 Å². The van der Waals surface area contributed by atoms with Gasteiger partial charge >= 0.3 is 0 Å². The first-order valence-corrected chi connectivity index (χ1v) is 7.91. The van der Waals surface area contributed by atoms with E-state index in [1.165, 1.54) is 55.3 Å². The van der Waals surface area contributed by atoms with Crippen molar-refractivity contribution >= 4 is 0 Å². The van der Waals surface area contributed by atoms with Gasteiger partial charge in [0.05, 0.1) is 6.10 Å². The molecule has 0 aliphatic carbocycles. The van der Waals surface area contributed by atoms with Crippen LogP contribution in [0.5, 0.6) is 0 Å². The molecular weight excluding hydrogens is 234 g/mol. The zero-order valence-corrected chi connectivity index (χ0v) is 13.2. The second kappa shape index (κ2) is 8.42. The minimum absolute atomic E-state index is 0.317. The summed E-state index contributed by atoms with van der Waals surface area (Å²) in [6, 6.07) is 0. The monoisotopic (exact) mass is 265 g/mol. The van der Waals surface area contributed by atoms with Crippen LogP contribution in [-0.4, -0.2) is 10.1 Å². The molecule has 0 radical (unpaired) electrons. The molecule has 2 heteroatoms. The molecule has 0 aromatic carbocycles. The lowest BCUT2D eigenvalue weighted by atomic mass is 10.0. The Hall–Kier alpha value is -0.760. The smallest absolute Gasteiger partial charge is 0.0940 e. The second-order valence-corrected chi connectivity index (χ2v) is 5.84. The predicted molar refractivity (Wildman–Crippen MR) is 82.6 cm³/mol. The van der Waals surface area contributed by atoms with Crippen LogP contribution in [0.2, 0.25) is 0 Å². The molecule has 0 fully saturated rings. The Kier molecular flexibility index (Phi) is 7.22. The molecule has 0 amide bonds. The molecule has 1 unspecified atom stereocenters. The van der Waals surface area contributed by atoms with Gasteiger partial charge < -0.3 is 10.1 Å². The maximum Gasteiger partial charge on any atom is 0.0940 e. The van der Waals surface area contributed by atoms with Crippen molar-refractivity contribution < 1.29 is 5.11 Å². The molecule has 19 heavy (non-hydrogen) atoms. The van der Waals surface area contributed by atoms with Crippen LogP contribution in [0.3, 0.4) is 0 Å². The average molecular weight is 265 g/mol. The number of aliphatic hydroxyl groups excluding tert-OH is 1. The van der Waals surface area contributed by atoms with E-state index in [2.05, 4.69) is 32.7 Å². The standard InChI is InChI=1S/C17H31NO/c1-5-6-7-8-9-10-11-12-16(19)17-14(3)13(2)15(4)18-17/h16,18-19H,5-12H2,1-4H3. The van der Waals surface area contributed by atoms with Crippen LogP contribution in [0, 0.1) is 20.8 Å². The summed E-state index contributed by atoms with van der Waals surface area (Å²) in [4.78, 5) is 3.33. The van der Waals surface area contributed by atoms with E-state index in [1.54, 1.807) is 0 Å². The van der Waals surface area contributed by atoms with E-state index in [-0.39, 0.29) is 6.10 Å². The fraction of sp³-hybridized carbons (Fsp3) is 0.765. The van der Waals surface area contributed by atoms with Gasteiger partial charge in [-0.25, -0.2) is 0 Å². The van der Waals surface area contributed by atoms with Crippen LogP contribution in [-0.2, 0) is 0 Å². The predicted octanol–water partition coefficient (Wildman–Crippen LogP) is 5.11. The molecule has 0 spiro atoms. The van der Waals surface area contributed by atoms with E-state index in [0.29, 0.717) is 0 Å². The van der Waals surface area contributed by atoms with Crippen LogP contribution >= 0.6 is 0 Å². The number of aromatic nitrogens is 1. The molecule has 2 nitrogen and oxygen atoms in total. The highest BCUT2D eigenvalue weighted by molar-refractivity contribution is 5.35. The fourth-order valence-corrected chi connectivity index (χ4v) is 2.65. The number of nitrogens with one attached hydrogen (secondary N) is 1. The molecule has 1 atom stereocenters. The topological polar surface area (TPSA) is 36.0 Å². The average Bonchev–Trinajstić information content (AvgIpc) is 2.65. The van der Waals surface area contributed by atoms with Gasteiger partial charge in [-0.3, -0.25) is 0 Å². The van der Waals surface area contributed by atoms with Gasteiger partial charge in [0.2, 0.25) is 0 Å². The minimum Gasteiger partial charge on any atom is -0.387 e. The summed E-state index contributed by atoms with van der Waals surface area (Å²) < 4.78 is 0. The van der Waals surface area contributed by atoms with Crippen molar-refractivity contribution in [1.29, 1.82) is 0 Å². The SMILES string of the molecule is CCCCCCCCCC(O)c1[nH]c(C)c(C)c1C. The van der Waals surface area contributed by atoms with Gasteiger partial charge in [-0.05, 0) is 38.3 Å². The van der Waals surface area contributed by atoms with E-state index >= 15 is 0 Å². The largest absolute Gasteiger partial charge is 0.387 e. The molecule has 0 bridgehead atoms. The third-order valence-corrected chi connectivity index (χ3v) is 4.27. The van der Waals surface area contributed by atoms with E-state index in [1.807, 2.05) is 0 Å². The maximum absolute atomic E-state index is 10.2. The van der Waals surface area contributed by atoms with E-state index < -0.39 is 0 Å². The molecule has 1 rings (SSSR count). The first-order valence-electron chi connectivity index (χ1n) is 7.91. The number of H-pyrrole nitrogens is 1. The number of rotatable bonds is 9. The summed E-state index contributed by atoms with van der Waals surface area (Å²) in [7, 11) is 0. The highest BCUT2D eigenvalue weighted by Crippen LogP contribution is 2.26. The van der Waals surface area contributed by atoms with Crippen molar-refractivity contribution in [3.8, 4) is 0 Å². The number of aliphatic hydroxyl groups is 1. The van der Waals surface area contributed by atoms with Gasteiger partial charge in [0, 0.05) is 11.4 Å². The van der Waals surface area contributed by atoms with Gasteiger partial charge in [-0.15, -0.1) is 0 Å². The van der Waals surface area contributed by atoms with Crippen molar-refractivity contribution in [1.82, 2.24) is 4.98 Å². The van der Waals surface area contributed by atoms with Crippen LogP contribution in [0.15, 0.2) is 0 Å². The number of hydrogen-bond donors (Lipinski definition) is 2. The highest BCUT2D eigenvalue weighted by atomic mass is 16.3. The van der Waals surface area contributed by atoms with Gasteiger partial charge in [-0.1, -0.05) is 51.9 Å². The first kappa shape index (κ1) is 16.3. The summed E-state index contributed by atoms with van der Waals surface area (Å²) in [6.07, 6.45) is 9.65. The molecule has 1 aromatic rings. The van der Waals surface area contributed by atoms with E-state index in [9.17, 15) is 5.11 Å². The van der Waals surface area contributed by atoms with Gasteiger partial charge in [-0.2, -0.15) is 0 Å². The number of aromatic amines is 1. The quantitative estimate of drug-likeness (QED) is 0.598. The molecule has 1 aromatic heterocycles. The van der Waals surface area contributed by atoms with Crippen molar-refractivity contribution in [3.05, 3.63) is 22.5 Å². The Morgan fingerprint density at radius 2 is 1.47 bits per heavy atom. The summed E-state index contributed by atoms with van der Waals surface area (Å²) in [6.45, 7) is 8.54. The highest BCUT2D eigenvalue weighted by Gasteiger charge is 2.15. The van der Waals surface area contributed by atoms with E-state index in [0.717, 1.165) is 18.5 Å². The minimum atomic E-state index is -0.317. The second-order valence-electron chi connectivity index (χ2n) is 5.84. The summed E-state index contributed by atoms with van der Waals surface area (Å²) in [5.74, 6) is 0. The number of aryl methyl sites for hydroxylation is 1. The first-order chi connectivity index (χ1) is 9.07. The third kappa shape index (κ3) is 5.02. The number of hydrogen-bond acceptors (Lipinski definition) is 1. The molecule has 110 valence electrons. The molecule has 1 heterocycles. The zero-order valence-electron chi connectivity index (χ0n) is 13.2. The van der Waals surface area contributed by atoms with Gasteiger partial charge in [0.25, 0.3) is 0 Å². The van der Waals surface area contributed by atoms with Crippen LogP contribution in [0.25, 0.3) is 0 Å². The normalized spacial score (nSPS) is 12.9. The Morgan fingerprint density at radius 3 is 2.00 bits per heavy atom. The molecular formula is C17H31NO. The van der Waals surface area contributed by atoms with Gasteiger partial charge in [0.15, 0.2) is 0 Å². The lowest BCUT2D eigenvalue weighted by Crippen LogP contribution is -2.00. The van der Waals surface area contributed by atoms with Crippen molar-refractivity contribution in [3.63, 3.8) is 0 Å². The van der Waals surface area contributed by atoms with Crippen molar-refractivity contribution in [2.24, 2.45) is 0 Å². The van der Waals surface area contributed by atoms with Crippen LogP contribution in [0.4, 0.5) is 0 Å². The van der Waals surface area contributed by atoms with Crippen molar-refractivity contribution in [2.75, 3.05) is 0 Å². The Morgan fingerprint density at radius 1 is 0.895 bits per heavy atom. The Labute approximate surface area is 118 Å². The molecule has 2 N–H and O–H groups in total. The third-order valence-electron chi connectivity index (χ3n) is 4.27. The summed E-state index contributed by atoms with van der Waals surface area (Å²) in [5, 5.41) is 10.2. The van der Waals surface area contributed by atoms with Crippen molar-refractivity contribution in [2.45, 2.75) is 85.2 Å². The maximum atomic E-state index is 10.2. The molecule has 0 aliphatic heterocycles. The Bertz CT molecular complexity index is 368. The van der Waals surface area contributed by atoms with Crippen LogP contribution in [0.1, 0.15) is 86.9 Å². The lowest BCUT2D eigenvalue weighted by molar-refractivity contribution is 0.158. The Balaban J connectivity index is 2.24. The molecule has 0 aliphatic rings.